The minimum absolute atomic E-state index is 0.229. The van der Waals surface area contributed by atoms with Gasteiger partial charge in [0.1, 0.15) is 5.75 Å². The summed E-state index contributed by atoms with van der Waals surface area (Å²) in [5, 5.41) is 12.9. The van der Waals surface area contributed by atoms with Crippen molar-refractivity contribution in [2.45, 2.75) is 32.1 Å². The number of hydrogen-bond acceptors (Lipinski definition) is 4. The molecule has 3 nitrogen and oxygen atoms in total. The monoisotopic (exact) mass is 283 g/mol. The van der Waals surface area contributed by atoms with Gasteiger partial charge in [0.25, 0.3) is 0 Å². The maximum atomic E-state index is 9.09. The van der Waals surface area contributed by atoms with Crippen LogP contribution in [0.5, 0.6) is 5.75 Å². The van der Waals surface area contributed by atoms with Crippen LogP contribution < -0.4 is 10.1 Å². The van der Waals surface area contributed by atoms with Crippen LogP contribution in [0.4, 0.5) is 0 Å². The molecule has 0 radical (unpaired) electrons. The molecule has 0 saturated heterocycles. The number of thioether (sulfide) groups is 1. The molecule has 0 fully saturated rings. The highest BCUT2D eigenvalue weighted by atomic mass is 32.2. The van der Waals surface area contributed by atoms with Gasteiger partial charge in [-0.25, -0.2) is 0 Å². The third kappa shape index (κ3) is 5.85. The summed E-state index contributed by atoms with van der Waals surface area (Å²) in [5.41, 5.74) is 1.27. The first-order valence-corrected chi connectivity index (χ1v) is 7.94. The molecule has 0 aliphatic carbocycles. The van der Waals surface area contributed by atoms with Crippen LogP contribution in [0.3, 0.4) is 0 Å². The van der Waals surface area contributed by atoms with Crippen LogP contribution in [0.2, 0.25) is 0 Å². The molecule has 2 unspecified atom stereocenters. The second-order valence-corrected chi connectivity index (χ2v) is 5.91. The largest absolute Gasteiger partial charge is 0.494 e. The van der Waals surface area contributed by atoms with E-state index >= 15 is 0 Å². The van der Waals surface area contributed by atoms with E-state index < -0.39 is 0 Å². The van der Waals surface area contributed by atoms with Crippen molar-refractivity contribution in [3.05, 3.63) is 29.8 Å². The maximum absolute atomic E-state index is 9.09. The van der Waals surface area contributed by atoms with Gasteiger partial charge in [-0.1, -0.05) is 26.0 Å². The second kappa shape index (κ2) is 9.23. The molecule has 4 heteroatoms. The number of hydrogen-bond donors (Lipinski definition) is 2. The van der Waals surface area contributed by atoms with Crippen molar-refractivity contribution in [1.29, 1.82) is 0 Å². The fourth-order valence-electron chi connectivity index (χ4n) is 1.80. The molecule has 0 heterocycles. The molecule has 0 saturated carbocycles. The molecule has 108 valence electrons. The van der Waals surface area contributed by atoms with Gasteiger partial charge in [-0.15, -0.1) is 0 Å². The Labute approximate surface area is 120 Å². The molecular weight excluding hydrogens is 258 g/mol. The number of aliphatic hydroxyl groups is 1. The van der Waals surface area contributed by atoms with Crippen LogP contribution in [0.25, 0.3) is 0 Å². The molecule has 1 aromatic carbocycles. The van der Waals surface area contributed by atoms with E-state index in [9.17, 15) is 0 Å². The topological polar surface area (TPSA) is 41.5 Å². The van der Waals surface area contributed by atoms with Crippen LogP contribution in [0.1, 0.15) is 32.4 Å². The summed E-state index contributed by atoms with van der Waals surface area (Å²) < 4.78 is 5.46. The molecule has 0 aromatic heterocycles. The molecule has 1 aromatic rings. The fourth-order valence-corrected chi connectivity index (χ4v) is 2.73. The Morgan fingerprint density at radius 1 is 1.26 bits per heavy atom. The van der Waals surface area contributed by atoms with E-state index in [2.05, 4.69) is 24.4 Å². The first-order valence-electron chi connectivity index (χ1n) is 6.89. The van der Waals surface area contributed by atoms with Crippen molar-refractivity contribution < 1.29 is 9.84 Å². The SMILES string of the molecule is CCNC(CSC(C)CO)c1ccc(OCC)cc1. The predicted molar refractivity (Wildman–Crippen MR) is 83.0 cm³/mol. The third-order valence-corrected chi connectivity index (χ3v) is 4.09. The van der Waals surface area contributed by atoms with E-state index in [1.165, 1.54) is 5.56 Å². The molecule has 0 spiro atoms. The summed E-state index contributed by atoms with van der Waals surface area (Å²) in [6.45, 7) is 8.01. The van der Waals surface area contributed by atoms with Crippen molar-refractivity contribution in [3.63, 3.8) is 0 Å². The van der Waals surface area contributed by atoms with Crippen molar-refractivity contribution in [3.8, 4) is 5.75 Å². The lowest BCUT2D eigenvalue weighted by molar-refractivity contribution is 0.300. The van der Waals surface area contributed by atoms with Crippen molar-refractivity contribution in [2.75, 3.05) is 25.5 Å². The summed E-state index contributed by atoms with van der Waals surface area (Å²) in [7, 11) is 0. The Hall–Kier alpha value is -0.710. The number of benzene rings is 1. The van der Waals surface area contributed by atoms with Gasteiger partial charge in [0.15, 0.2) is 0 Å². The normalized spacial score (nSPS) is 14.1. The Morgan fingerprint density at radius 2 is 1.95 bits per heavy atom. The lowest BCUT2D eigenvalue weighted by Crippen LogP contribution is -2.24. The van der Waals surface area contributed by atoms with Crippen LogP contribution in [-0.4, -0.2) is 35.9 Å². The van der Waals surface area contributed by atoms with Crippen LogP contribution in [0.15, 0.2) is 24.3 Å². The quantitative estimate of drug-likeness (QED) is 0.731. The van der Waals surface area contributed by atoms with E-state index in [0.717, 1.165) is 18.0 Å². The van der Waals surface area contributed by atoms with Gasteiger partial charge in [-0.2, -0.15) is 11.8 Å². The Balaban J connectivity index is 2.63. The van der Waals surface area contributed by atoms with Gasteiger partial charge in [0, 0.05) is 17.0 Å². The standard InChI is InChI=1S/C15H25NO2S/c1-4-16-15(11-19-12(3)10-17)13-6-8-14(9-7-13)18-5-2/h6-9,12,15-17H,4-5,10-11H2,1-3H3. The summed E-state index contributed by atoms with van der Waals surface area (Å²) in [4.78, 5) is 0. The van der Waals surface area contributed by atoms with E-state index in [1.54, 1.807) is 11.8 Å². The minimum atomic E-state index is 0.229. The summed E-state index contributed by atoms with van der Waals surface area (Å²) >= 11 is 1.79. The van der Waals surface area contributed by atoms with Crippen molar-refractivity contribution >= 4 is 11.8 Å². The minimum Gasteiger partial charge on any atom is -0.494 e. The summed E-state index contributed by atoms with van der Waals surface area (Å²) in [5.74, 6) is 1.88. The zero-order chi connectivity index (χ0) is 14.1. The average molecular weight is 283 g/mol. The van der Waals surface area contributed by atoms with Gasteiger partial charge in [0.2, 0.25) is 0 Å². The Kier molecular flexibility index (Phi) is 7.94. The molecule has 2 N–H and O–H groups in total. The average Bonchev–Trinajstić information content (AvgIpc) is 2.44. The molecule has 2 atom stereocenters. The van der Waals surface area contributed by atoms with Gasteiger partial charge in [0.05, 0.1) is 13.2 Å². The lowest BCUT2D eigenvalue weighted by atomic mass is 10.1. The highest BCUT2D eigenvalue weighted by Gasteiger charge is 2.12. The van der Waals surface area contributed by atoms with E-state index in [4.69, 9.17) is 9.84 Å². The van der Waals surface area contributed by atoms with E-state index in [-0.39, 0.29) is 11.9 Å². The highest BCUT2D eigenvalue weighted by Crippen LogP contribution is 2.23. The summed E-state index contributed by atoms with van der Waals surface area (Å²) in [6, 6.07) is 8.58. The molecule has 0 amide bonds. The van der Waals surface area contributed by atoms with Crippen LogP contribution >= 0.6 is 11.8 Å². The number of aliphatic hydroxyl groups excluding tert-OH is 1. The first kappa shape index (κ1) is 16.3. The van der Waals surface area contributed by atoms with E-state index in [1.807, 2.05) is 26.0 Å². The molecule has 0 bridgehead atoms. The van der Waals surface area contributed by atoms with Gasteiger partial charge in [-0.05, 0) is 31.2 Å². The van der Waals surface area contributed by atoms with Crippen molar-refractivity contribution in [2.24, 2.45) is 0 Å². The number of nitrogens with one attached hydrogen (secondary N) is 1. The molecule has 0 aliphatic heterocycles. The molecule has 0 aliphatic rings. The smallest absolute Gasteiger partial charge is 0.119 e. The van der Waals surface area contributed by atoms with Crippen molar-refractivity contribution in [1.82, 2.24) is 5.32 Å². The van der Waals surface area contributed by atoms with Crippen LogP contribution in [0, 0.1) is 0 Å². The van der Waals surface area contributed by atoms with Crippen LogP contribution in [-0.2, 0) is 0 Å². The number of rotatable bonds is 9. The lowest BCUT2D eigenvalue weighted by Gasteiger charge is -2.20. The maximum Gasteiger partial charge on any atom is 0.119 e. The second-order valence-electron chi connectivity index (χ2n) is 4.44. The predicted octanol–water partition coefficient (Wildman–Crippen LogP) is 2.85. The van der Waals surface area contributed by atoms with E-state index in [0.29, 0.717) is 12.6 Å². The zero-order valence-electron chi connectivity index (χ0n) is 12.1. The third-order valence-electron chi connectivity index (χ3n) is 2.85. The fraction of sp³-hybridized carbons (Fsp3) is 0.600. The molecular formula is C15H25NO2S. The van der Waals surface area contributed by atoms with Gasteiger partial charge >= 0.3 is 0 Å². The molecule has 19 heavy (non-hydrogen) atoms. The Morgan fingerprint density at radius 3 is 2.47 bits per heavy atom. The first-order chi connectivity index (χ1) is 9.21. The number of ether oxygens (including phenoxy) is 1. The highest BCUT2D eigenvalue weighted by molar-refractivity contribution is 7.99. The zero-order valence-corrected chi connectivity index (χ0v) is 12.9. The van der Waals surface area contributed by atoms with Gasteiger partial charge in [-0.3, -0.25) is 0 Å². The summed E-state index contributed by atoms with van der Waals surface area (Å²) in [6.07, 6.45) is 0. The molecule has 1 rings (SSSR count). The Bertz CT molecular complexity index is 343. The van der Waals surface area contributed by atoms with Gasteiger partial charge < -0.3 is 15.2 Å².